The van der Waals surface area contributed by atoms with Gasteiger partial charge in [-0.25, -0.2) is 9.78 Å². The van der Waals surface area contributed by atoms with Crippen molar-refractivity contribution in [1.29, 1.82) is 0 Å². The van der Waals surface area contributed by atoms with E-state index in [0.29, 0.717) is 39.0 Å². The average Bonchev–Trinajstić information content (AvgIpc) is 2.90. The van der Waals surface area contributed by atoms with Gasteiger partial charge in [0.2, 0.25) is 11.8 Å². The molecule has 2 atom stereocenters. The van der Waals surface area contributed by atoms with Crippen molar-refractivity contribution >= 4 is 23.6 Å². The third-order valence-corrected chi connectivity index (χ3v) is 7.16. The first-order valence-corrected chi connectivity index (χ1v) is 13.5. The van der Waals surface area contributed by atoms with Gasteiger partial charge in [-0.2, -0.15) is 0 Å². The number of nitrogens with one attached hydrogen (secondary N) is 2. The van der Waals surface area contributed by atoms with Crippen LogP contribution in [0.3, 0.4) is 0 Å². The fourth-order valence-corrected chi connectivity index (χ4v) is 5.01. The Kier molecular flexibility index (Phi) is 11.5. The van der Waals surface area contributed by atoms with E-state index in [0.717, 1.165) is 75.8 Å². The number of hydrogen-bond donors (Lipinski definition) is 3. The zero-order chi connectivity index (χ0) is 25.8. The van der Waals surface area contributed by atoms with Crippen LogP contribution in [0, 0.1) is 5.92 Å². The number of ether oxygens (including phenoxy) is 1. The molecule has 36 heavy (non-hydrogen) atoms. The molecule has 1 aromatic heterocycles. The van der Waals surface area contributed by atoms with E-state index in [1.807, 2.05) is 0 Å². The van der Waals surface area contributed by atoms with Gasteiger partial charge < -0.3 is 25.4 Å². The van der Waals surface area contributed by atoms with Crippen molar-refractivity contribution in [3.8, 4) is 0 Å². The molecule has 0 saturated carbocycles. The monoisotopic (exact) mass is 502 g/mol. The SMILES string of the molecule is COCCC(=O)N1CCC[C@@H](C(=O)NC(CCCCCCCc2ccc3c(n2)NCCC3)C(=O)O)C1. The first-order chi connectivity index (χ1) is 17.5. The second kappa shape index (κ2) is 14.8. The molecule has 0 spiro atoms. The lowest BCUT2D eigenvalue weighted by molar-refractivity contribution is -0.144. The predicted molar refractivity (Wildman–Crippen MR) is 138 cm³/mol. The molecule has 0 aliphatic carbocycles. The number of aromatic nitrogens is 1. The number of carbonyl (C=O) groups excluding carboxylic acids is 2. The number of carboxylic acids is 1. The highest BCUT2D eigenvalue weighted by atomic mass is 16.5. The molecular weight excluding hydrogens is 460 g/mol. The Labute approximate surface area is 214 Å². The van der Waals surface area contributed by atoms with Crippen LogP contribution in [0.1, 0.15) is 75.5 Å². The number of anilines is 1. The van der Waals surface area contributed by atoms with Gasteiger partial charge in [-0.05, 0) is 56.6 Å². The lowest BCUT2D eigenvalue weighted by Gasteiger charge is -2.32. The summed E-state index contributed by atoms with van der Waals surface area (Å²) in [5.74, 6) is -0.611. The van der Waals surface area contributed by atoms with Crippen LogP contribution in [-0.2, 0) is 32.0 Å². The van der Waals surface area contributed by atoms with E-state index < -0.39 is 12.0 Å². The van der Waals surface area contributed by atoms with Crippen LogP contribution in [0.25, 0.3) is 0 Å². The largest absolute Gasteiger partial charge is 0.480 e. The van der Waals surface area contributed by atoms with Gasteiger partial charge in [-0.15, -0.1) is 0 Å². The zero-order valence-corrected chi connectivity index (χ0v) is 21.6. The molecule has 1 aromatic rings. The Morgan fingerprint density at radius 1 is 1.19 bits per heavy atom. The highest BCUT2D eigenvalue weighted by Gasteiger charge is 2.30. The van der Waals surface area contributed by atoms with Gasteiger partial charge in [0, 0.05) is 32.4 Å². The third kappa shape index (κ3) is 8.76. The summed E-state index contributed by atoms with van der Waals surface area (Å²) in [5.41, 5.74) is 2.43. The van der Waals surface area contributed by atoms with Gasteiger partial charge in [-0.3, -0.25) is 9.59 Å². The van der Waals surface area contributed by atoms with Crippen molar-refractivity contribution in [1.82, 2.24) is 15.2 Å². The first kappa shape index (κ1) is 27.9. The first-order valence-electron chi connectivity index (χ1n) is 13.5. The number of unbranched alkanes of at least 4 members (excludes halogenated alkanes) is 4. The summed E-state index contributed by atoms with van der Waals surface area (Å²) in [5, 5.41) is 15.7. The molecule has 9 heteroatoms. The summed E-state index contributed by atoms with van der Waals surface area (Å²) in [4.78, 5) is 43.2. The number of rotatable bonds is 14. The number of aliphatic carboxylic acids is 1. The highest BCUT2D eigenvalue weighted by Crippen LogP contribution is 2.21. The van der Waals surface area contributed by atoms with Crippen molar-refractivity contribution in [3.05, 3.63) is 23.4 Å². The van der Waals surface area contributed by atoms with Gasteiger partial charge in [0.25, 0.3) is 0 Å². The number of likely N-dealkylation sites (tertiary alicyclic amines) is 1. The lowest BCUT2D eigenvalue weighted by Crippen LogP contribution is -2.49. The minimum Gasteiger partial charge on any atom is -0.480 e. The minimum absolute atomic E-state index is 0.0248. The maximum Gasteiger partial charge on any atom is 0.326 e. The molecule has 1 unspecified atom stereocenters. The molecular formula is C27H42N4O5. The molecule has 3 heterocycles. The number of piperidine rings is 1. The van der Waals surface area contributed by atoms with Crippen molar-refractivity contribution in [2.75, 3.05) is 38.7 Å². The van der Waals surface area contributed by atoms with Gasteiger partial charge in [0.1, 0.15) is 11.9 Å². The van der Waals surface area contributed by atoms with E-state index in [9.17, 15) is 19.5 Å². The smallest absolute Gasteiger partial charge is 0.326 e. The second-order valence-electron chi connectivity index (χ2n) is 9.97. The molecule has 0 bridgehead atoms. The number of amides is 2. The molecule has 2 amide bonds. The predicted octanol–water partition coefficient (Wildman–Crippen LogP) is 3.17. The summed E-state index contributed by atoms with van der Waals surface area (Å²) < 4.78 is 4.97. The van der Waals surface area contributed by atoms with Gasteiger partial charge in [-0.1, -0.05) is 31.7 Å². The van der Waals surface area contributed by atoms with Gasteiger partial charge in [0.05, 0.1) is 18.9 Å². The molecule has 200 valence electrons. The van der Waals surface area contributed by atoms with E-state index in [4.69, 9.17) is 9.72 Å². The van der Waals surface area contributed by atoms with Crippen molar-refractivity contribution < 1.29 is 24.2 Å². The Balaban J connectivity index is 1.32. The van der Waals surface area contributed by atoms with Crippen LogP contribution in [0.15, 0.2) is 12.1 Å². The number of methoxy groups -OCH3 is 1. The zero-order valence-electron chi connectivity index (χ0n) is 21.6. The topological polar surface area (TPSA) is 121 Å². The van der Waals surface area contributed by atoms with Crippen LogP contribution in [0.4, 0.5) is 5.82 Å². The second-order valence-corrected chi connectivity index (χ2v) is 9.97. The molecule has 1 fully saturated rings. The fraction of sp³-hybridized carbons (Fsp3) is 0.704. The lowest BCUT2D eigenvalue weighted by atomic mass is 9.96. The summed E-state index contributed by atoms with van der Waals surface area (Å²) in [6, 6.07) is 3.44. The minimum atomic E-state index is -1.00. The van der Waals surface area contributed by atoms with Crippen molar-refractivity contribution in [3.63, 3.8) is 0 Å². The number of carboxylic acid groups (broad SMARTS) is 1. The fourth-order valence-electron chi connectivity index (χ4n) is 5.01. The Bertz CT molecular complexity index is 878. The molecule has 3 rings (SSSR count). The van der Waals surface area contributed by atoms with Crippen molar-refractivity contribution in [2.45, 2.75) is 83.1 Å². The van der Waals surface area contributed by atoms with Crippen LogP contribution < -0.4 is 10.6 Å². The summed E-state index contributed by atoms with van der Waals surface area (Å²) in [7, 11) is 1.55. The van der Waals surface area contributed by atoms with E-state index in [1.165, 1.54) is 5.56 Å². The maximum absolute atomic E-state index is 12.7. The number of pyridine rings is 1. The Morgan fingerprint density at radius 3 is 2.81 bits per heavy atom. The van der Waals surface area contributed by atoms with E-state index in [-0.39, 0.29) is 17.7 Å². The third-order valence-electron chi connectivity index (χ3n) is 7.16. The molecule has 2 aliphatic heterocycles. The summed E-state index contributed by atoms with van der Waals surface area (Å²) in [6.45, 7) is 2.33. The van der Waals surface area contributed by atoms with Gasteiger partial charge in [0.15, 0.2) is 0 Å². The quantitative estimate of drug-likeness (QED) is 0.334. The van der Waals surface area contributed by atoms with E-state index in [1.54, 1.807) is 12.0 Å². The Morgan fingerprint density at radius 2 is 2.00 bits per heavy atom. The molecule has 3 N–H and O–H groups in total. The van der Waals surface area contributed by atoms with Crippen LogP contribution in [0.5, 0.6) is 0 Å². The molecule has 2 aliphatic rings. The highest BCUT2D eigenvalue weighted by molar-refractivity contribution is 5.86. The summed E-state index contributed by atoms with van der Waals surface area (Å²) in [6.07, 6.45) is 10.2. The van der Waals surface area contributed by atoms with Gasteiger partial charge >= 0.3 is 5.97 Å². The number of hydrogen-bond acceptors (Lipinski definition) is 6. The van der Waals surface area contributed by atoms with E-state index in [2.05, 4.69) is 22.8 Å². The number of fused-ring (bicyclic) bond motifs is 1. The maximum atomic E-state index is 12.7. The van der Waals surface area contributed by atoms with Crippen molar-refractivity contribution in [2.24, 2.45) is 5.92 Å². The number of aryl methyl sites for hydroxylation is 2. The standard InChI is InChI=1S/C27H42N4O5/c1-36-18-15-24(32)31-17-8-10-21(19-31)26(33)30-23(27(34)35)12-6-4-2-3-5-11-22-14-13-20-9-7-16-28-25(20)29-22/h13-14,21,23H,2-12,15-19H2,1H3,(H,28,29)(H,30,33)(H,34,35)/t21-,23?/m1/s1. The molecule has 0 aromatic carbocycles. The number of nitrogens with zero attached hydrogens (tertiary/aromatic N) is 2. The molecule has 9 nitrogen and oxygen atoms in total. The molecule has 0 radical (unpaired) electrons. The van der Waals surface area contributed by atoms with Crippen LogP contribution in [-0.4, -0.2) is 72.2 Å². The Hall–Kier alpha value is -2.68. The average molecular weight is 503 g/mol. The van der Waals surface area contributed by atoms with E-state index >= 15 is 0 Å². The number of carbonyl (C=O) groups is 3. The normalized spacial score (nSPS) is 18.1. The van der Waals surface area contributed by atoms with Crippen LogP contribution in [0.2, 0.25) is 0 Å². The summed E-state index contributed by atoms with van der Waals surface area (Å²) >= 11 is 0. The molecule has 1 saturated heterocycles. The van der Waals surface area contributed by atoms with Crippen LogP contribution >= 0.6 is 0 Å².